The van der Waals surface area contributed by atoms with E-state index in [9.17, 15) is 9.18 Å². The number of halogens is 1. The van der Waals surface area contributed by atoms with Gasteiger partial charge in [-0.25, -0.2) is 9.18 Å². The Morgan fingerprint density at radius 3 is 2.73 bits per heavy atom. The molecule has 22 heavy (non-hydrogen) atoms. The molecule has 0 aromatic heterocycles. The van der Waals surface area contributed by atoms with Crippen molar-refractivity contribution in [2.75, 3.05) is 12.3 Å². The van der Waals surface area contributed by atoms with Crippen LogP contribution >= 0.6 is 0 Å². The zero-order valence-electron chi connectivity index (χ0n) is 11.8. The highest BCUT2D eigenvalue weighted by Gasteiger charge is 2.00. The Bertz CT molecular complexity index is 706. The highest BCUT2D eigenvalue weighted by molar-refractivity contribution is 5.67. The van der Waals surface area contributed by atoms with Crippen molar-refractivity contribution in [2.45, 2.75) is 6.61 Å². The summed E-state index contributed by atoms with van der Waals surface area (Å²) in [7, 11) is 0. The van der Waals surface area contributed by atoms with Gasteiger partial charge in [0.25, 0.3) is 0 Å². The SMILES string of the molecule is Nc1ccc(C#CCNC(=O)OCc2ccccc2)cc1F. The van der Waals surface area contributed by atoms with E-state index in [1.165, 1.54) is 12.1 Å². The maximum Gasteiger partial charge on any atom is 0.408 e. The standard InChI is InChI=1S/C17H15FN2O2/c18-15-11-13(8-9-16(15)19)7-4-10-20-17(21)22-12-14-5-2-1-3-6-14/h1-3,5-6,8-9,11H,10,12,19H2,(H,20,21). The molecule has 4 nitrogen and oxygen atoms in total. The summed E-state index contributed by atoms with van der Waals surface area (Å²) in [6.07, 6.45) is -0.554. The Hall–Kier alpha value is -3.00. The first-order valence-corrected chi connectivity index (χ1v) is 6.63. The lowest BCUT2D eigenvalue weighted by Gasteiger charge is -2.04. The van der Waals surface area contributed by atoms with Crippen molar-refractivity contribution in [2.24, 2.45) is 0 Å². The van der Waals surface area contributed by atoms with Crippen LogP contribution in [0.15, 0.2) is 48.5 Å². The van der Waals surface area contributed by atoms with Gasteiger partial charge < -0.3 is 15.8 Å². The summed E-state index contributed by atoms with van der Waals surface area (Å²) in [5.41, 5.74) is 6.84. The van der Waals surface area contributed by atoms with Crippen LogP contribution in [0.25, 0.3) is 0 Å². The van der Waals surface area contributed by atoms with Gasteiger partial charge in [0.1, 0.15) is 12.4 Å². The summed E-state index contributed by atoms with van der Waals surface area (Å²) in [6, 6.07) is 13.7. The van der Waals surface area contributed by atoms with Gasteiger partial charge in [-0.05, 0) is 23.8 Å². The molecule has 0 saturated carbocycles. The molecule has 1 amide bonds. The van der Waals surface area contributed by atoms with Gasteiger partial charge >= 0.3 is 6.09 Å². The maximum absolute atomic E-state index is 13.2. The Labute approximate surface area is 128 Å². The zero-order chi connectivity index (χ0) is 15.8. The smallest absolute Gasteiger partial charge is 0.408 e. The van der Waals surface area contributed by atoms with Crippen molar-refractivity contribution < 1.29 is 13.9 Å². The number of alkyl carbamates (subject to hydrolysis) is 1. The fraction of sp³-hybridized carbons (Fsp3) is 0.118. The molecule has 2 aromatic rings. The number of nitrogen functional groups attached to an aromatic ring is 1. The number of rotatable bonds is 3. The number of amides is 1. The predicted molar refractivity (Wildman–Crippen MR) is 82.3 cm³/mol. The van der Waals surface area contributed by atoms with Crippen LogP contribution in [0.2, 0.25) is 0 Å². The molecule has 0 fully saturated rings. The van der Waals surface area contributed by atoms with Crippen LogP contribution in [0.5, 0.6) is 0 Å². The van der Waals surface area contributed by atoms with Crippen LogP contribution in [0, 0.1) is 17.7 Å². The number of hydrogen-bond acceptors (Lipinski definition) is 3. The van der Waals surface area contributed by atoms with E-state index in [0.717, 1.165) is 5.56 Å². The average Bonchev–Trinajstić information content (AvgIpc) is 2.54. The van der Waals surface area contributed by atoms with E-state index < -0.39 is 11.9 Å². The van der Waals surface area contributed by atoms with E-state index in [-0.39, 0.29) is 18.8 Å². The van der Waals surface area contributed by atoms with Crippen LogP contribution < -0.4 is 11.1 Å². The summed E-state index contributed by atoms with van der Waals surface area (Å²) in [5.74, 6) is 4.92. The number of benzene rings is 2. The molecule has 0 bridgehead atoms. The Balaban J connectivity index is 1.75. The molecule has 2 rings (SSSR count). The van der Waals surface area contributed by atoms with Crippen LogP contribution in [-0.2, 0) is 11.3 Å². The number of carbonyl (C=O) groups excluding carboxylic acids is 1. The van der Waals surface area contributed by atoms with E-state index in [1.54, 1.807) is 6.07 Å². The summed E-state index contributed by atoms with van der Waals surface area (Å²) >= 11 is 0. The predicted octanol–water partition coefficient (Wildman–Crippen LogP) is 2.69. The molecule has 0 atom stereocenters. The molecule has 0 spiro atoms. The van der Waals surface area contributed by atoms with E-state index in [2.05, 4.69) is 17.2 Å². The molecule has 0 unspecified atom stereocenters. The minimum Gasteiger partial charge on any atom is -0.445 e. The third kappa shape index (κ3) is 4.84. The fourth-order valence-electron chi connectivity index (χ4n) is 1.64. The lowest BCUT2D eigenvalue weighted by molar-refractivity contribution is 0.141. The molecule has 0 saturated heterocycles. The highest BCUT2D eigenvalue weighted by Crippen LogP contribution is 2.10. The summed E-state index contributed by atoms with van der Waals surface area (Å²) in [4.78, 5) is 11.4. The zero-order valence-corrected chi connectivity index (χ0v) is 11.8. The second kappa shape index (κ2) is 7.70. The van der Waals surface area contributed by atoms with Gasteiger partial charge in [-0.2, -0.15) is 0 Å². The normalized spacial score (nSPS) is 9.50. The minimum atomic E-state index is -0.554. The van der Waals surface area contributed by atoms with E-state index in [1.807, 2.05) is 30.3 Å². The Kier molecular flexibility index (Phi) is 5.38. The number of nitrogens with two attached hydrogens (primary N) is 1. The van der Waals surface area contributed by atoms with Gasteiger partial charge in [-0.15, -0.1) is 0 Å². The van der Waals surface area contributed by atoms with Gasteiger partial charge in [0.2, 0.25) is 0 Å². The van der Waals surface area contributed by atoms with Gasteiger partial charge in [-0.1, -0.05) is 42.2 Å². The number of hydrogen-bond donors (Lipinski definition) is 2. The molecular weight excluding hydrogens is 283 g/mol. The van der Waals surface area contributed by atoms with Gasteiger partial charge in [0.05, 0.1) is 12.2 Å². The summed E-state index contributed by atoms with van der Waals surface area (Å²) in [6.45, 7) is 0.308. The quantitative estimate of drug-likeness (QED) is 0.676. The lowest BCUT2D eigenvalue weighted by Crippen LogP contribution is -2.24. The van der Waals surface area contributed by atoms with Crippen LogP contribution in [0.1, 0.15) is 11.1 Å². The molecule has 0 heterocycles. The van der Waals surface area contributed by atoms with Crippen molar-refractivity contribution in [3.63, 3.8) is 0 Å². The molecule has 5 heteroatoms. The van der Waals surface area contributed by atoms with E-state index in [0.29, 0.717) is 5.56 Å². The van der Waals surface area contributed by atoms with Crippen LogP contribution in [-0.4, -0.2) is 12.6 Å². The minimum absolute atomic E-state index is 0.0770. The fourth-order valence-corrected chi connectivity index (χ4v) is 1.64. The Morgan fingerprint density at radius 2 is 2.00 bits per heavy atom. The van der Waals surface area contributed by atoms with Crippen molar-refractivity contribution in [3.8, 4) is 11.8 Å². The summed E-state index contributed by atoms with van der Waals surface area (Å²) in [5, 5.41) is 2.50. The molecule has 0 aliphatic heterocycles. The number of carbonyl (C=O) groups is 1. The molecule has 0 radical (unpaired) electrons. The maximum atomic E-state index is 13.2. The second-order valence-electron chi connectivity index (χ2n) is 4.45. The average molecular weight is 298 g/mol. The Morgan fingerprint density at radius 1 is 1.23 bits per heavy atom. The first kappa shape index (κ1) is 15.4. The number of ether oxygens (including phenoxy) is 1. The summed E-state index contributed by atoms with van der Waals surface area (Å²) < 4.78 is 18.2. The van der Waals surface area contributed by atoms with Crippen molar-refractivity contribution in [3.05, 3.63) is 65.5 Å². The number of anilines is 1. The lowest BCUT2D eigenvalue weighted by atomic mass is 10.2. The van der Waals surface area contributed by atoms with Gasteiger partial charge in [0.15, 0.2) is 0 Å². The van der Waals surface area contributed by atoms with Gasteiger partial charge in [0, 0.05) is 5.56 Å². The molecule has 0 aliphatic carbocycles. The van der Waals surface area contributed by atoms with Crippen molar-refractivity contribution >= 4 is 11.8 Å². The molecule has 0 aliphatic rings. The molecule has 2 aromatic carbocycles. The topological polar surface area (TPSA) is 64.3 Å². The second-order valence-corrected chi connectivity index (χ2v) is 4.45. The van der Waals surface area contributed by atoms with Gasteiger partial charge in [-0.3, -0.25) is 0 Å². The molecule has 3 N–H and O–H groups in total. The highest BCUT2D eigenvalue weighted by atomic mass is 19.1. The van der Waals surface area contributed by atoms with E-state index in [4.69, 9.17) is 10.5 Å². The third-order valence-electron chi connectivity index (χ3n) is 2.77. The molecule has 112 valence electrons. The first-order chi connectivity index (χ1) is 10.6. The van der Waals surface area contributed by atoms with Crippen molar-refractivity contribution in [1.82, 2.24) is 5.32 Å². The third-order valence-corrected chi connectivity index (χ3v) is 2.77. The first-order valence-electron chi connectivity index (χ1n) is 6.63. The number of nitrogens with one attached hydrogen (secondary N) is 1. The van der Waals surface area contributed by atoms with Crippen molar-refractivity contribution in [1.29, 1.82) is 0 Å². The van der Waals surface area contributed by atoms with E-state index >= 15 is 0 Å². The molecular formula is C17H15FN2O2. The monoisotopic (exact) mass is 298 g/mol. The largest absolute Gasteiger partial charge is 0.445 e. The van der Waals surface area contributed by atoms with Crippen LogP contribution in [0.3, 0.4) is 0 Å². The van der Waals surface area contributed by atoms with Crippen LogP contribution in [0.4, 0.5) is 14.9 Å².